The predicted molar refractivity (Wildman–Crippen MR) is 41.4 cm³/mol. The van der Waals surface area contributed by atoms with Crippen LogP contribution in [0.4, 0.5) is 0 Å². The molecule has 0 atom stereocenters. The van der Waals surface area contributed by atoms with Gasteiger partial charge < -0.3 is 5.32 Å². The van der Waals surface area contributed by atoms with E-state index < -0.39 is 0 Å². The van der Waals surface area contributed by atoms with Gasteiger partial charge in [-0.25, -0.2) is 0 Å². The van der Waals surface area contributed by atoms with Crippen LogP contribution in [0, 0.1) is 7.05 Å². The van der Waals surface area contributed by atoms with Gasteiger partial charge in [0.25, 0.3) is 0 Å². The summed E-state index contributed by atoms with van der Waals surface area (Å²) in [5.41, 5.74) is 0. The number of hydrogen-bond donors (Lipinski definition) is 1. The standard InChI is InChI=1S/C7H10NS/c1-8-5-4-7-3-2-6-9-7/h2-3,6,8H,1,4-5H2. The van der Waals surface area contributed by atoms with Crippen molar-refractivity contribution < 1.29 is 0 Å². The van der Waals surface area contributed by atoms with E-state index >= 15 is 0 Å². The molecule has 0 aliphatic carbocycles. The second-order valence-electron chi connectivity index (χ2n) is 1.83. The monoisotopic (exact) mass is 140 g/mol. The largest absolute Gasteiger partial charge is 0.315 e. The lowest BCUT2D eigenvalue weighted by molar-refractivity contribution is 0.838. The Bertz CT molecular complexity index is 146. The lowest BCUT2D eigenvalue weighted by Crippen LogP contribution is -2.06. The lowest BCUT2D eigenvalue weighted by Gasteiger charge is -1.92. The normalized spacial score (nSPS) is 9.89. The first kappa shape index (κ1) is 6.78. The third kappa shape index (κ3) is 2.16. The molecule has 0 unspecified atom stereocenters. The highest BCUT2D eigenvalue weighted by Gasteiger charge is 1.89. The molecular weight excluding hydrogens is 130 g/mol. The van der Waals surface area contributed by atoms with Crippen molar-refractivity contribution in [2.75, 3.05) is 6.54 Å². The van der Waals surface area contributed by atoms with Crippen LogP contribution in [-0.4, -0.2) is 6.54 Å². The molecule has 0 bridgehead atoms. The molecule has 0 spiro atoms. The van der Waals surface area contributed by atoms with Crippen LogP contribution in [0.25, 0.3) is 0 Å². The van der Waals surface area contributed by atoms with Gasteiger partial charge in [-0.3, -0.25) is 0 Å². The summed E-state index contributed by atoms with van der Waals surface area (Å²) in [6.45, 7) is 0.973. The molecule has 1 heterocycles. The van der Waals surface area contributed by atoms with Crippen LogP contribution in [-0.2, 0) is 6.42 Å². The van der Waals surface area contributed by atoms with Crippen molar-refractivity contribution >= 4 is 11.3 Å². The Balaban J connectivity index is 2.30. The summed E-state index contributed by atoms with van der Waals surface area (Å²) < 4.78 is 0. The second-order valence-corrected chi connectivity index (χ2v) is 2.86. The zero-order valence-electron chi connectivity index (χ0n) is 5.26. The van der Waals surface area contributed by atoms with Crippen molar-refractivity contribution in [2.24, 2.45) is 0 Å². The predicted octanol–water partition coefficient (Wildman–Crippen LogP) is 1.67. The van der Waals surface area contributed by atoms with E-state index in [4.69, 9.17) is 0 Å². The van der Waals surface area contributed by atoms with Gasteiger partial charge in [-0.2, -0.15) is 0 Å². The minimum atomic E-state index is 0.973. The third-order valence-corrected chi connectivity index (χ3v) is 2.06. The van der Waals surface area contributed by atoms with Crippen molar-refractivity contribution in [3.05, 3.63) is 29.4 Å². The van der Waals surface area contributed by atoms with Crippen LogP contribution in [0.2, 0.25) is 0 Å². The van der Waals surface area contributed by atoms with Gasteiger partial charge in [0.05, 0.1) is 0 Å². The molecule has 0 saturated carbocycles. The quantitative estimate of drug-likeness (QED) is 0.673. The van der Waals surface area contributed by atoms with Crippen molar-refractivity contribution in [1.82, 2.24) is 5.32 Å². The van der Waals surface area contributed by atoms with Gasteiger partial charge in [0, 0.05) is 18.5 Å². The van der Waals surface area contributed by atoms with Gasteiger partial charge in [-0.05, 0) is 17.9 Å². The Morgan fingerprint density at radius 2 is 2.56 bits per heavy atom. The van der Waals surface area contributed by atoms with Gasteiger partial charge in [0.2, 0.25) is 0 Å². The highest BCUT2D eigenvalue weighted by molar-refractivity contribution is 7.09. The molecule has 1 aromatic heterocycles. The maximum Gasteiger partial charge on any atom is 0.00768 e. The Hall–Kier alpha value is -0.340. The van der Waals surface area contributed by atoms with E-state index in [2.05, 4.69) is 29.9 Å². The highest BCUT2D eigenvalue weighted by Crippen LogP contribution is 2.07. The molecular formula is C7H10NS. The summed E-state index contributed by atoms with van der Waals surface area (Å²) in [5, 5.41) is 4.96. The fourth-order valence-electron chi connectivity index (χ4n) is 0.666. The molecule has 0 aromatic carbocycles. The topological polar surface area (TPSA) is 12.0 Å². The minimum Gasteiger partial charge on any atom is -0.315 e. The first-order chi connectivity index (χ1) is 4.43. The fourth-order valence-corrected chi connectivity index (χ4v) is 1.38. The van der Waals surface area contributed by atoms with E-state index in [0.717, 1.165) is 13.0 Å². The van der Waals surface area contributed by atoms with Gasteiger partial charge in [-0.15, -0.1) is 11.3 Å². The average molecular weight is 140 g/mol. The highest BCUT2D eigenvalue weighted by atomic mass is 32.1. The summed E-state index contributed by atoms with van der Waals surface area (Å²) in [4.78, 5) is 1.42. The minimum absolute atomic E-state index is 0.973. The van der Waals surface area contributed by atoms with Gasteiger partial charge in [0.15, 0.2) is 0 Å². The molecule has 1 aromatic rings. The zero-order valence-corrected chi connectivity index (χ0v) is 6.08. The zero-order chi connectivity index (χ0) is 6.53. The second kappa shape index (κ2) is 3.64. The maximum absolute atomic E-state index is 3.54. The van der Waals surface area contributed by atoms with E-state index in [0.29, 0.717) is 0 Å². The molecule has 0 amide bonds. The van der Waals surface area contributed by atoms with E-state index in [1.807, 2.05) is 0 Å². The molecule has 49 valence electrons. The van der Waals surface area contributed by atoms with Crippen molar-refractivity contribution in [3.63, 3.8) is 0 Å². The molecule has 1 nitrogen and oxygen atoms in total. The summed E-state index contributed by atoms with van der Waals surface area (Å²) >= 11 is 1.80. The molecule has 0 fully saturated rings. The number of rotatable bonds is 3. The Morgan fingerprint density at radius 3 is 3.11 bits per heavy atom. The number of nitrogens with one attached hydrogen (secondary N) is 1. The fraction of sp³-hybridized carbons (Fsp3) is 0.286. The van der Waals surface area contributed by atoms with E-state index in [9.17, 15) is 0 Å². The van der Waals surface area contributed by atoms with Crippen LogP contribution in [0.15, 0.2) is 17.5 Å². The van der Waals surface area contributed by atoms with Crippen LogP contribution >= 0.6 is 11.3 Å². The van der Waals surface area contributed by atoms with Crippen LogP contribution in [0.3, 0.4) is 0 Å². The summed E-state index contributed by atoms with van der Waals surface area (Å²) in [6, 6.07) is 4.21. The summed E-state index contributed by atoms with van der Waals surface area (Å²) in [7, 11) is 3.54. The van der Waals surface area contributed by atoms with E-state index in [1.54, 1.807) is 11.3 Å². The van der Waals surface area contributed by atoms with Gasteiger partial charge in [-0.1, -0.05) is 6.07 Å². The lowest BCUT2D eigenvalue weighted by atomic mass is 10.3. The molecule has 0 aliphatic heterocycles. The van der Waals surface area contributed by atoms with Crippen molar-refractivity contribution in [1.29, 1.82) is 0 Å². The first-order valence-corrected chi connectivity index (χ1v) is 3.84. The Kier molecular flexibility index (Phi) is 2.74. The summed E-state index contributed by atoms with van der Waals surface area (Å²) in [6.07, 6.45) is 1.10. The van der Waals surface area contributed by atoms with Gasteiger partial charge >= 0.3 is 0 Å². The van der Waals surface area contributed by atoms with E-state index in [1.165, 1.54) is 4.88 Å². The summed E-state index contributed by atoms with van der Waals surface area (Å²) in [5.74, 6) is 0. The Labute approximate surface area is 59.7 Å². The first-order valence-electron chi connectivity index (χ1n) is 2.96. The number of hydrogen-bond acceptors (Lipinski definition) is 2. The van der Waals surface area contributed by atoms with Gasteiger partial charge in [0.1, 0.15) is 0 Å². The van der Waals surface area contributed by atoms with Crippen LogP contribution in [0.1, 0.15) is 4.88 Å². The molecule has 1 radical (unpaired) electrons. The van der Waals surface area contributed by atoms with Crippen LogP contribution in [0.5, 0.6) is 0 Å². The molecule has 2 heteroatoms. The SMILES string of the molecule is [CH2]NCCc1cccs1. The molecule has 9 heavy (non-hydrogen) atoms. The molecule has 1 rings (SSSR count). The maximum atomic E-state index is 3.54. The van der Waals surface area contributed by atoms with Crippen LogP contribution < -0.4 is 5.32 Å². The smallest absolute Gasteiger partial charge is 0.00768 e. The van der Waals surface area contributed by atoms with Crippen molar-refractivity contribution in [2.45, 2.75) is 6.42 Å². The molecule has 0 saturated heterocycles. The number of thiophene rings is 1. The van der Waals surface area contributed by atoms with Crippen molar-refractivity contribution in [3.8, 4) is 0 Å². The average Bonchev–Trinajstić information content (AvgIpc) is 2.34. The van der Waals surface area contributed by atoms with E-state index in [-0.39, 0.29) is 0 Å². The Morgan fingerprint density at radius 1 is 1.67 bits per heavy atom. The molecule has 0 aliphatic rings. The molecule has 1 N–H and O–H groups in total. The third-order valence-electron chi connectivity index (χ3n) is 1.13.